The van der Waals surface area contributed by atoms with E-state index in [0.29, 0.717) is 17.6 Å². The maximum atomic E-state index is 11.9. The van der Waals surface area contributed by atoms with Gasteiger partial charge >= 0.3 is 0 Å². The Kier molecular flexibility index (Phi) is 3.69. The van der Waals surface area contributed by atoms with E-state index in [9.17, 15) is 4.79 Å². The summed E-state index contributed by atoms with van der Waals surface area (Å²) in [6.07, 6.45) is 2.21. The number of amides is 1. The van der Waals surface area contributed by atoms with Gasteiger partial charge in [0.2, 0.25) is 0 Å². The number of pyridine rings is 1. The van der Waals surface area contributed by atoms with E-state index < -0.39 is 0 Å². The number of aromatic nitrogens is 1. The van der Waals surface area contributed by atoms with Gasteiger partial charge in [-0.15, -0.1) is 0 Å². The van der Waals surface area contributed by atoms with Gasteiger partial charge in [-0.3, -0.25) is 4.79 Å². The number of likely N-dealkylation sites (N-methyl/N-ethyl adjacent to an activating group) is 1. The number of hydrogen-bond donors (Lipinski definition) is 1. The van der Waals surface area contributed by atoms with Crippen LogP contribution in [-0.2, 0) is 4.79 Å². The third-order valence-corrected chi connectivity index (χ3v) is 3.02. The minimum Gasteiger partial charge on any atom is -0.480 e. The highest BCUT2D eigenvalue weighted by Crippen LogP contribution is 2.27. The van der Waals surface area contributed by atoms with Gasteiger partial charge in [0.1, 0.15) is 0 Å². The Morgan fingerprint density at radius 1 is 1.56 bits per heavy atom. The molecule has 1 aromatic rings. The highest BCUT2D eigenvalue weighted by molar-refractivity contribution is 5.78. The highest BCUT2D eigenvalue weighted by atomic mass is 16.5. The van der Waals surface area contributed by atoms with Gasteiger partial charge in [0.25, 0.3) is 5.91 Å². The molecule has 1 aliphatic rings. The van der Waals surface area contributed by atoms with Crippen molar-refractivity contribution < 1.29 is 9.53 Å². The van der Waals surface area contributed by atoms with Crippen molar-refractivity contribution in [3.05, 3.63) is 17.8 Å². The van der Waals surface area contributed by atoms with Gasteiger partial charge in [-0.1, -0.05) is 0 Å². The predicted molar refractivity (Wildman–Crippen MR) is 69.3 cm³/mol. The Morgan fingerprint density at radius 3 is 2.83 bits per heavy atom. The zero-order valence-electron chi connectivity index (χ0n) is 10.8. The number of ether oxygens (including phenoxy) is 1. The Labute approximate surface area is 107 Å². The van der Waals surface area contributed by atoms with Gasteiger partial charge in [0.15, 0.2) is 18.2 Å². The Morgan fingerprint density at radius 2 is 2.28 bits per heavy atom. The van der Waals surface area contributed by atoms with Crippen LogP contribution in [0.3, 0.4) is 0 Å². The second kappa shape index (κ2) is 5.25. The number of hydrogen-bond acceptors (Lipinski definition) is 4. The maximum absolute atomic E-state index is 11.9. The summed E-state index contributed by atoms with van der Waals surface area (Å²) >= 11 is 0. The number of nitrogen functional groups attached to an aromatic ring is 1. The molecule has 2 rings (SSSR count). The van der Waals surface area contributed by atoms with Crippen LogP contribution in [0.25, 0.3) is 0 Å². The molecule has 0 unspecified atom stereocenters. The van der Waals surface area contributed by atoms with Gasteiger partial charge in [-0.2, -0.15) is 0 Å². The second-order valence-electron chi connectivity index (χ2n) is 4.54. The van der Waals surface area contributed by atoms with Crippen molar-refractivity contribution in [3.63, 3.8) is 0 Å². The van der Waals surface area contributed by atoms with Crippen molar-refractivity contribution in [2.45, 2.75) is 32.7 Å². The average Bonchev–Trinajstić information content (AvgIpc) is 3.13. The fourth-order valence-electron chi connectivity index (χ4n) is 1.93. The predicted octanol–water partition coefficient (Wildman–Crippen LogP) is 1.36. The van der Waals surface area contributed by atoms with E-state index in [1.165, 1.54) is 0 Å². The fourth-order valence-corrected chi connectivity index (χ4v) is 1.93. The molecule has 1 fully saturated rings. The molecule has 0 saturated heterocycles. The minimum atomic E-state index is 0.0139. The third kappa shape index (κ3) is 2.91. The van der Waals surface area contributed by atoms with Crippen LogP contribution in [0.1, 0.15) is 25.5 Å². The molecule has 0 spiro atoms. The summed E-state index contributed by atoms with van der Waals surface area (Å²) in [7, 11) is 0. The second-order valence-corrected chi connectivity index (χ2v) is 4.54. The maximum Gasteiger partial charge on any atom is 0.260 e. The number of carbonyl (C=O) groups excluding carboxylic acids is 1. The number of anilines is 1. The van der Waals surface area contributed by atoms with Crippen LogP contribution < -0.4 is 10.5 Å². The summed E-state index contributed by atoms with van der Waals surface area (Å²) in [5.41, 5.74) is 6.56. The summed E-state index contributed by atoms with van der Waals surface area (Å²) in [6, 6.07) is 3.98. The van der Waals surface area contributed by atoms with Crippen molar-refractivity contribution in [2.75, 3.05) is 18.9 Å². The lowest BCUT2D eigenvalue weighted by Crippen LogP contribution is -2.36. The van der Waals surface area contributed by atoms with Crippen molar-refractivity contribution >= 4 is 11.7 Å². The molecule has 1 aromatic heterocycles. The first-order chi connectivity index (χ1) is 8.61. The molecule has 1 saturated carbocycles. The zero-order chi connectivity index (χ0) is 13.1. The van der Waals surface area contributed by atoms with E-state index in [1.807, 2.05) is 24.8 Å². The molecule has 5 heteroatoms. The molecule has 0 aliphatic heterocycles. The van der Waals surface area contributed by atoms with Crippen molar-refractivity contribution in [1.29, 1.82) is 0 Å². The first kappa shape index (κ1) is 12.7. The highest BCUT2D eigenvalue weighted by Gasteiger charge is 2.31. The van der Waals surface area contributed by atoms with Gasteiger partial charge in [-0.05, 0) is 38.8 Å². The summed E-state index contributed by atoms with van der Waals surface area (Å²) in [5, 5.41) is 0. The smallest absolute Gasteiger partial charge is 0.260 e. The topological polar surface area (TPSA) is 68.5 Å². The van der Waals surface area contributed by atoms with Crippen LogP contribution in [0.2, 0.25) is 0 Å². The molecule has 5 nitrogen and oxygen atoms in total. The van der Waals surface area contributed by atoms with Gasteiger partial charge in [0.05, 0.1) is 0 Å². The van der Waals surface area contributed by atoms with Gasteiger partial charge in [0, 0.05) is 18.3 Å². The molecule has 0 radical (unpaired) electrons. The Bertz CT molecular complexity index is 444. The number of aryl methyl sites for hydroxylation is 1. The van der Waals surface area contributed by atoms with E-state index in [-0.39, 0.29) is 12.5 Å². The molecular weight excluding hydrogens is 230 g/mol. The molecule has 2 N–H and O–H groups in total. The Balaban J connectivity index is 1.92. The summed E-state index contributed by atoms with van der Waals surface area (Å²) in [6.45, 7) is 4.60. The van der Waals surface area contributed by atoms with E-state index in [4.69, 9.17) is 10.5 Å². The van der Waals surface area contributed by atoms with Crippen LogP contribution in [0.5, 0.6) is 5.75 Å². The zero-order valence-corrected chi connectivity index (χ0v) is 10.8. The molecule has 0 atom stereocenters. The molecule has 0 aromatic carbocycles. The molecule has 1 aliphatic carbocycles. The summed E-state index contributed by atoms with van der Waals surface area (Å²) < 4.78 is 5.44. The van der Waals surface area contributed by atoms with E-state index in [1.54, 1.807) is 6.07 Å². The van der Waals surface area contributed by atoms with Crippen LogP contribution in [-0.4, -0.2) is 35.0 Å². The Hall–Kier alpha value is -1.78. The number of nitrogens with zero attached hydrogens (tertiary/aromatic N) is 2. The lowest BCUT2D eigenvalue weighted by Gasteiger charge is -2.20. The van der Waals surface area contributed by atoms with Crippen LogP contribution in [0.15, 0.2) is 12.1 Å². The number of rotatable bonds is 5. The van der Waals surface area contributed by atoms with Gasteiger partial charge < -0.3 is 15.4 Å². The quantitative estimate of drug-likeness (QED) is 0.855. The number of carbonyl (C=O) groups is 1. The molecule has 0 bridgehead atoms. The average molecular weight is 249 g/mol. The lowest BCUT2D eigenvalue weighted by molar-refractivity contribution is -0.133. The largest absolute Gasteiger partial charge is 0.480 e. The lowest BCUT2D eigenvalue weighted by atomic mass is 10.3. The monoisotopic (exact) mass is 249 g/mol. The molecule has 98 valence electrons. The molecule has 1 heterocycles. The van der Waals surface area contributed by atoms with E-state index in [0.717, 1.165) is 25.1 Å². The third-order valence-electron chi connectivity index (χ3n) is 3.02. The first-order valence-electron chi connectivity index (χ1n) is 6.27. The molecule has 1 amide bonds. The van der Waals surface area contributed by atoms with Crippen molar-refractivity contribution in [3.8, 4) is 5.75 Å². The summed E-state index contributed by atoms with van der Waals surface area (Å²) in [4.78, 5) is 17.9. The standard InChI is InChI=1S/C13H19N3O2/c1-3-16(10-5-6-10)12(17)8-18-11-7-4-9(2)15-13(11)14/h4,7,10H,3,5-6,8H2,1-2H3,(H2,14,15). The fraction of sp³-hybridized carbons (Fsp3) is 0.538. The van der Waals surface area contributed by atoms with Crippen molar-refractivity contribution in [2.24, 2.45) is 0 Å². The minimum absolute atomic E-state index is 0.0139. The van der Waals surface area contributed by atoms with Gasteiger partial charge in [-0.25, -0.2) is 4.98 Å². The van der Waals surface area contributed by atoms with E-state index >= 15 is 0 Å². The number of nitrogens with two attached hydrogens (primary N) is 1. The SMILES string of the molecule is CCN(C(=O)COc1ccc(C)nc1N)C1CC1. The van der Waals surface area contributed by atoms with Crippen LogP contribution >= 0.6 is 0 Å². The first-order valence-corrected chi connectivity index (χ1v) is 6.27. The normalized spacial score (nSPS) is 14.3. The summed E-state index contributed by atoms with van der Waals surface area (Å²) in [5.74, 6) is 0.818. The molecular formula is C13H19N3O2. The van der Waals surface area contributed by atoms with Crippen LogP contribution in [0.4, 0.5) is 5.82 Å². The van der Waals surface area contributed by atoms with E-state index in [2.05, 4.69) is 4.98 Å². The van der Waals surface area contributed by atoms with Crippen molar-refractivity contribution in [1.82, 2.24) is 9.88 Å². The molecule has 18 heavy (non-hydrogen) atoms. The van der Waals surface area contributed by atoms with Crippen LogP contribution in [0, 0.1) is 6.92 Å².